The van der Waals surface area contributed by atoms with Crippen LogP contribution < -0.4 is 10.9 Å². The van der Waals surface area contributed by atoms with Crippen molar-refractivity contribution in [3.05, 3.63) is 24.3 Å². The van der Waals surface area contributed by atoms with Gasteiger partial charge in [0, 0.05) is 12.2 Å². The maximum atomic E-state index is 10.7. The molecule has 66 valence electrons. The fourth-order valence-corrected chi connectivity index (χ4v) is 0.509. The highest BCUT2D eigenvalue weighted by atomic mass is 16.2. The van der Waals surface area contributed by atoms with Crippen molar-refractivity contribution in [1.29, 1.82) is 0 Å². The van der Waals surface area contributed by atoms with Gasteiger partial charge in [0.1, 0.15) is 0 Å². The van der Waals surface area contributed by atoms with E-state index < -0.39 is 0 Å². The number of hydrazine groups is 1. The van der Waals surface area contributed by atoms with E-state index in [0.717, 1.165) is 0 Å². The quantitative estimate of drug-likeness (QED) is 0.460. The zero-order valence-electron chi connectivity index (χ0n) is 7.13. The second-order valence-corrected chi connectivity index (χ2v) is 1.98. The molecule has 4 nitrogen and oxygen atoms in total. The van der Waals surface area contributed by atoms with E-state index in [2.05, 4.69) is 10.9 Å². The molecule has 0 fully saturated rings. The van der Waals surface area contributed by atoms with Gasteiger partial charge in [-0.1, -0.05) is 12.2 Å². The van der Waals surface area contributed by atoms with Crippen molar-refractivity contribution < 1.29 is 9.59 Å². The topological polar surface area (TPSA) is 58.2 Å². The van der Waals surface area contributed by atoms with Gasteiger partial charge in [0.15, 0.2) is 0 Å². The minimum Gasteiger partial charge on any atom is -0.268 e. The first-order valence-corrected chi connectivity index (χ1v) is 3.56. The second kappa shape index (κ2) is 6.15. The number of amides is 2. The first kappa shape index (κ1) is 10.4. The van der Waals surface area contributed by atoms with Crippen molar-refractivity contribution in [2.45, 2.75) is 13.8 Å². The summed E-state index contributed by atoms with van der Waals surface area (Å²) in [4.78, 5) is 21.4. The molecule has 0 aromatic heterocycles. The Hall–Kier alpha value is -1.58. The van der Waals surface area contributed by atoms with Crippen molar-refractivity contribution in [1.82, 2.24) is 10.9 Å². The maximum Gasteiger partial charge on any atom is 0.262 e. The zero-order valence-corrected chi connectivity index (χ0v) is 7.13. The Kier molecular flexibility index (Phi) is 5.34. The molecule has 0 radical (unpaired) electrons. The Bertz CT molecular complexity index is 195. The molecule has 2 amide bonds. The lowest BCUT2D eigenvalue weighted by Crippen LogP contribution is -2.39. The molecule has 0 saturated carbocycles. The van der Waals surface area contributed by atoms with Crippen LogP contribution in [0.4, 0.5) is 0 Å². The second-order valence-electron chi connectivity index (χ2n) is 1.98. The van der Waals surface area contributed by atoms with Crippen LogP contribution in [0.3, 0.4) is 0 Å². The van der Waals surface area contributed by atoms with Crippen LogP contribution in [0.1, 0.15) is 13.8 Å². The van der Waals surface area contributed by atoms with E-state index in [4.69, 9.17) is 0 Å². The number of allylic oxidation sites excluding steroid dienone is 2. The van der Waals surface area contributed by atoms with E-state index in [1.54, 1.807) is 26.0 Å². The lowest BCUT2D eigenvalue weighted by molar-refractivity contribution is -0.123. The first-order chi connectivity index (χ1) is 5.70. The summed E-state index contributed by atoms with van der Waals surface area (Å²) in [5, 5.41) is 0. The molecular weight excluding hydrogens is 156 g/mol. The predicted molar refractivity (Wildman–Crippen MR) is 45.9 cm³/mol. The Balaban J connectivity index is 3.68. The molecule has 4 heteroatoms. The Labute approximate surface area is 71.3 Å². The average molecular weight is 168 g/mol. The molecule has 0 atom stereocenters. The molecule has 0 spiro atoms. The molecule has 0 aliphatic carbocycles. The number of rotatable bonds is 2. The molecule has 0 heterocycles. The van der Waals surface area contributed by atoms with Crippen LogP contribution in [0.5, 0.6) is 0 Å². The van der Waals surface area contributed by atoms with Crippen LogP contribution in [0, 0.1) is 0 Å². The number of carbonyl (C=O) groups is 2. The molecule has 0 saturated heterocycles. The summed E-state index contributed by atoms with van der Waals surface area (Å²) in [7, 11) is 0. The average Bonchev–Trinajstić information content (AvgIpc) is 2.02. The number of nitrogens with one attached hydrogen (secondary N) is 2. The largest absolute Gasteiger partial charge is 0.268 e. The molecule has 12 heavy (non-hydrogen) atoms. The summed E-state index contributed by atoms with van der Waals surface area (Å²) in [5.74, 6) is -0.703. The first-order valence-electron chi connectivity index (χ1n) is 3.56. The highest BCUT2D eigenvalue weighted by molar-refractivity contribution is 5.92. The number of carbonyl (C=O) groups excluding carboxylic acids is 2. The van der Waals surface area contributed by atoms with E-state index >= 15 is 0 Å². The van der Waals surface area contributed by atoms with E-state index in [-0.39, 0.29) is 11.8 Å². The highest BCUT2D eigenvalue weighted by Gasteiger charge is 1.95. The molecule has 0 bridgehead atoms. The van der Waals surface area contributed by atoms with Gasteiger partial charge in [-0.2, -0.15) is 0 Å². The summed E-state index contributed by atoms with van der Waals surface area (Å²) in [5.41, 5.74) is 4.38. The van der Waals surface area contributed by atoms with Crippen LogP contribution in [-0.4, -0.2) is 11.8 Å². The lowest BCUT2D eigenvalue weighted by atomic mass is 10.5. The van der Waals surface area contributed by atoms with Crippen molar-refractivity contribution in [2.24, 2.45) is 0 Å². The van der Waals surface area contributed by atoms with Gasteiger partial charge >= 0.3 is 0 Å². The molecular formula is C8H12N2O2. The molecule has 0 aliphatic heterocycles. The van der Waals surface area contributed by atoms with Crippen molar-refractivity contribution in [3.8, 4) is 0 Å². The zero-order chi connectivity index (χ0) is 9.40. The van der Waals surface area contributed by atoms with E-state index in [1.165, 1.54) is 12.2 Å². The summed E-state index contributed by atoms with van der Waals surface area (Å²) in [6.45, 7) is 3.43. The molecule has 0 rings (SSSR count). The maximum absolute atomic E-state index is 10.7. The summed E-state index contributed by atoms with van der Waals surface area (Å²) in [6.07, 6.45) is 5.79. The predicted octanol–water partition coefficient (Wildman–Crippen LogP) is 0.286. The molecule has 0 aliphatic rings. The van der Waals surface area contributed by atoms with Crippen LogP contribution in [0.15, 0.2) is 24.3 Å². The van der Waals surface area contributed by atoms with Crippen LogP contribution >= 0.6 is 0 Å². The van der Waals surface area contributed by atoms with Gasteiger partial charge in [-0.15, -0.1) is 0 Å². The van der Waals surface area contributed by atoms with Gasteiger partial charge in [0.05, 0.1) is 0 Å². The summed E-state index contributed by atoms with van der Waals surface area (Å²) in [6, 6.07) is 0. The number of hydrogen-bond acceptors (Lipinski definition) is 2. The number of hydrogen-bond donors (Lipinski definition) is 2. The smallest absolute Gasteiger partial charge is 0.262 e. The van der Waals surface area contributed by atoms with Crippen LogP contribution in [0.2, 0.25) is 0 Å². The Morgan fingerprint density at radius 3 is 1.50 bits per heavy atom. The summed E-state index contributed by atoms with van der Waals surface area (Å²) >= 11 is 0. The normalized spacial score (nSPS) is 10.5. The molecule has 0 unspecified atom stereocenters. The third-order valence-electron chi connectivity index (χ3n) is 0.945. The SMILES string of the molecule is C/C=C/C(=O)NNC(=O)/C=C/C. The minimum absolute atomic E-state index is 0.352. The fourth-order valence-electron chi connectivity index (χ4n) is 0.509. The highest BCUT2D eigenvalue weighted by Crippen LogP contribution is 1.71. The third-order valence-corrected chi connectivity index (χ3v) is 0.945. The monoisotopic (exact) mass is 168 g/mol. The van der Waals surface area contributed by atoms with Gasteiger partial charge in [-0.3, -0.25) is 20.4 Å². The molecule has 0 aromatic carbocycles. The van der Waals surface area contributed by atoms with Gasteiger partial charge in [0.2, 0.25) is 0 Å². The van der Waals surface area contributed by atoms with Crippen LogP contribution in [-0.2, 0) is 9.59 Å². The third kappa shape index (κ3) is 5.22. The van der Waals surface area contributed by atoms with Gasteiger partial charge < -0.3 is 0 Å². The van der Waals surface area contributed by atoms with Gasteiger partial charge in [-0.05, 0) is 13.8 Å². The Morgan fingerprint density at radius 2 is 1.25 bits per heavy atom. The van der Waals surface area contributed by atoms with Crippen LogP contribution in [0.25, 0.3) is 0 Å². The minimum atomic E-state index is -0.352. The summed E-state index contributed by atoms with van der Waals surface area (Å²) < 4.78 is 0. The van der Waals surface area contributed by atoms with Crippen molar-refractivity contribution in [2.75, 3.05) is 0 Å². The lowest BCUT2D eigenvalue weighted by Gasteiger charge is -2.00. The van der Waals surface area contributed by atoms with Gasteiger partial charge in [0.25, 0.3) is 11.8 Å². The standard InChI is InChI=1S/C8H12N2O2/c1-3-5-7(11)9-10-8(12)6-4-2/h3-6H,1-2H3,(H,9,11)(H,10,12)/b5-3+,6-4+. The molecule has 0 aromatic rings. The van der Waals surface area contributed by atoms with E-state index in [9.17, 15) is 9.59 Å². The van der Waals surface area contributed by atoms with E-state index in [1.807, 2.05) is 0 Å². The van der Waals surface area contributed by atoms with E-state index in [0.29, 0.717) is 0 Å². The fraction of sp³-hybridized carbons (Fsp3) is 0.250. The van der Waals surface area contributed by atoms with Crippen molar-refractivity contribution in [3.63, 3.8) is 0 Å². The van der Waals surface area contributed by atoms with Crippen molar-refractivity contribution >= 4 is 11.8 Å². The Morgan fingerprint density at radius 1 is 0.917 bits per heavy atom. The van der Waals surface area contributed by atoms with Gasteiger partial charge in [-0.25, -0.2) is 0 Å². The molecule has 2 N–H and O–H groups in total.